The molecule has 114 valence electrons. The number of halogens is 1. The van der Waals surface area contributed by atoms with Gasteiger partial charge in [-0.1, -0.05) is 19.9 Å². The summed E-state index contributed by atoms with van der Waals surface area (Å²) in [4.78, 5) is 0.355. The van der Waals surface area contributed by atoms with E-state index in [-0.39, 0.29) is 12.0 Å². The highest BCUT2D eigenvalue weighted by Crippen LogP contribution is 2.26. The maximum absolute atomic E-state index is 12.8. The van der Waals surface area contributed by atoms with Gasteiger partial charge in [0.1, 0.15) is 0 Å². The van der Waals surface area contributed by atoms with Crippen molar-refractivity contribution in [2.45, 2.75) is 51.4 Å². The monoisotopic (exact) mass is 317 g/mol. The first-order valence-corrected chi connectivity index (χ1v) is 8.74. The first-order chi connectivity index (χ1) is 9.12. The second kappa shape index (κ2) is 6.46. The summed E-state index contributed by atoms with van der Waals surface area (Å²) < 4.78 is 27.0. The van der Waals surface area contributed by atoms with E-state index in [0.29, 0.717) is 10.8 Å². The number of aryl methyl sites for hydroxylation is 2. The quantitative estimate of drug-likeness (QED) is 0.776. The lowest BCUT2D eigenvalue weighted by Crippen LogP contribution is -2.38. The third kappa shape index (κ3) is 3.35. The van der Waals surface area contributed by atoms with Gasteiger partial charge in [0.25, 0.3) is 0 Å². The first kappa shape index (κ1) is 17.5. The van der Waals surface area contributed by atoms with Crippen LogP contribution in [0.1, 0.15) is 37.5 Å². The molecule has 0 saturated heterocycles. The van der Waals surface area contributed by atoms with Crippen LogP contribution in [-0.2, 0) is 15.9 Å². The number of hydrogen-bond acceptors (Lipinski definition) is 2. The van der Waals surface area contributed by atoms with Crippen molar-refractivity contribution in [2.24, 2.45) is 5.92 Å². The normalized spacial score (nSPS) is 14.1. The zero-order valence-corrected chi connectivity index (χ0v) is 14.6. The Kier molecular flexibility index (Phi) is 5.64. The molecule has 0 fully saturated rings. The van der Waals surface area contributed by atoms with Crippen molar-refractivity contribution in [3.05, 3.63) is 28.8 Å². The predicted octanol–water partition coefficient (Wildman–Crippen LogP) is 3.71. The van der Waals surface area contributed by atoms with Gasteiger partial charge in [-0.25, -0.2) is 8.42 Å². The van der Waals surface area contributed by atoms with Crippen LogP contribution in [0.5, 0.6) is 0 Å². The fourth-order valence-electron chi connectivity index (χ4n) is 2.09. The van der Waals surface area contributed by atoms with Crippen molar-refractivity contribution in [3.63, 3.8) is 0 Å². The molecule has 0 N–H and O–H groups in total. The summed E-state index contributed by atoms with van der Waals surface area (Å²) in [6.07, 6.45) is 0. The van der Waals surface area contributed by atoms with Gasteiger partial charge < -0.3 is 0 Å². The third-order valence-corrected chi connectivity index (χ3v) is 6.35. The molecule has 20 heavy (non-hydrogen) atoms. The molecule has 5 heteroatoms. The summed E-state index contributed by atoms with van der Waals surface area (Å²) in [5.41, 5.74) is 2.65. The van der Waals surface area contributed by atoms with Crippen LogP contribution in [0.4, 0.5) is 0 Å². The van der Waals surface area contributed by atoms with Crippen LogP contribution in [0.2, 0.25) is 0 Å². The van der Waals surface area contributed by atoms with E-state index >= 15 is 0 Å². The first-order valence-electron chi connectivity index (χ1n) is 6.77. The minimum Gasteiger partial charge on any atom is -0.207 e. The summed E-state index contributed by atoms with van der Waals surface area (Å²) in [7, 11) is -1.85. The molecule has 0 saturated carbocycles. The molecular weight excluding hydrogens is 294 g/mol. The van der Waals surface area contributed by atoms with Crippen molar-refractivity contribution in [1.29, 1.82) is 0 Å². The van der Waals surface area contributed by atoms with Gasteiger partial charge >= 0.3 is 0 Å². The maximum Gasteiger partial charge on any atom is 0.243 e. The molecule has 0 spiro atoms. The Morgan fingerprint density at radius 3 is 2.15 bits per heavy atom. The lowest BCUT2D eigenvalue weighted by molar-refractivity contribution is 0.315. The Labute approximate surface area is 128 Å². The number of hydrogen-bond donors (Lipinski definition) is 0. The Bertz CT molecular complexity index is 582. The van der Waals surface area contributed by atoms with Gasteiger partial charge in [-0.3, -0.25) is 0 Å². The van der Waals surface area contributed by atoms with Crippen molar-refractivity contribution >= 4 is 21.6 Å². The highest BCUT2D eigenvalue weighted by molar-refractivity contribution is 7.89. The van der Waals surface area contributed by atoms with E-state index in [9.17, 15) is 8.42 Å². The molecule has 1 aromatic carbocycles. The average molecular weight is 318 g/mol. The smallest absolute Gasteiger partial charge is 0.207 e. The average Bonchev–Trinajstić information content (AvgIpc) is 2.36. The molecule has 0 bridgehead atoms. The minimum atomic E-state index is -3.49. The number of sulfonamides is 1. The summed E-state index contributed by atoms with van der Waals surface area (Å²) in [6, 6.07) is 3.54. The molecule has 0 aliphatic rings. The molecule has 0 aliphatic heterocycles. The molecule has 1 unspecified atom stereocenters. The van der Waals surface area contributed by atoms with Gasteiger partial charge in [-0.2, -0.15) is 4.31 Å². The molecule has 0 amide bonds. The lowest BCUT2D eigenvalue weighted by Gasteiger charge is -2.28. The number of alkyl halides is 1. The van der Waals surface area contributed by atoms with Gasteiger partial charge in [0.2, 0.25) is 10.0 Å². The van der Waals surface area contributed by atoms with Crippen LogP contribution in [0.15, 0.2) is 17.0 Å². The Balaban J connectivity index is 3.36. The van der Waals surface area contributed by atoms with Gasteiger partial charge in [0.05, 0.1) is 4.90 Å². The molecule has 1 atom stereocenters. The van der Waals surface area contributed by atoms with Crippen LogP contribution in [-0.4, -0.2) is 25.8 Å². The SMILES string of the molecule is Cc1cc(C)c(S(=O)(=O)N(C)C(C)C(C)C)cc1CCl. The molecule has 1 aromatic rings. The molecule has 0 aliphatic carbocycles. The van der Waals surface area contributed by atoms with Gasteiger partial charge in [0, 0.05) is 19.0 Å². The Hall–Kier alpha value is -0.580. The summed E-state index contributed by atoms with van der Waals surface area (Å²) >= 11 is 5.89. The maximum atomic E-state index is 12.8. The summed E-state index contributed by atoms with van der Waals surface area (Å²) in [5.74, 6) is 0.575. The van der Waals surface area contributed by atoms with E-state index in [1.165, 1.54) is 4.31 Å². The molecule has 1 rings (SSSR count). The van der Waals surface area contributed by atoms with Gasteiger partial charge in [-0.15, -0.1) is 11.6 Å². The van der Waals surface area contributed by atoms with E-state index in [0.717, 1.165) is 16.7 Å². The summed E-state index contributed by atoms with van der Waals surface area (Å²) in [5, 5.41) is 0. The lowest BCUT2D eigenvalue weighted by atomic mass is 10.1. The minimum absolute atomic E-state index is 0.0554. The number of nitrogens with zero attached hydrogens (tertiary/aromatic N) is 1. The van der Waals surface area contributed by atoms with E-state index < -0.39 is 10.0 Å². The Morgan fingerprint density at radius 1 is 1.15 bits per heavy atom. The van der Waals surface area contributed by atoms with Crippen molar-refractivity contribution in [1.82, 2.24) is 4.31 Å². The van der Waals surface area contributed by atoms with E-state index in [4.69, 9.17) is 11.6 Å². The van der Waals surface area contributed by atoms with Gasteiger partial charge in [0.15, 0.2) is 0 Å². The van der Waals surface area contributed by atoms with Crippen LogP contribution in [0.25, 0.3) is 0 Å². The van der Waals surface area contributed by atoms with Crippen molar-refractivity contribution in [3.8, 4) is 0 Å². The largest absolute Gasteiger partial charge is 0.243 e. The molecule has 3 nitrogen and oxygen atoms in total. The van der Waals surface area contributed by atoms with E-state index in [1.54, 1.807) is 13.1 Å². The molecule has 0 aromatic heterocycles. The molecule has 0 radical (unpaired) electrons. The van der Waals surface area contributed by atoms with Crippen LogP contribution >= 0.6 is 11.6 Å². The van der Waals surface area contributed by atoms with Crippen molar-refractivity contribution in [2.75, 3.05) is 7.05 Å². The molecule has 0 heterocycles. The number of benzene rings is 1. The van der Waals surface area contributed by atoms with Crippen molar-refractivity contribution < 1.29 is 8.42 Å². The molecular formula is C15H24ClNO2S. The zero-order valence-electron chi connectivity index (χ0n) is 13.1. The van der Waals surface area contributed by atoms with Gasteiger partial charge in [-0.05, 0) is 49.4 Å². The fraction of sp³-hybridized carbons (Fsp3) is 0.600. The second-order valence-electron chi connectivity index (χ2n) is 5.68. The van der Waals surface area contributed by atoms with E-state index in [2.05, 4.69) is 0 Å². The Morgan fingerprint density at radius 2 is 1.70 bits per heavy atom. The van der Waals surface area contributed by atoms with Crippen LogP contribution in [0.3, 0.4) is 0 Å². The summed E-state index contributed by atoms with van der Waals surface area (Å²) in [6.45, 7) is 9.73. The second-order valence-corrected chi connectivity index (χ2v) is 7.92. The predicted molar refractivity (Wildman–Crippen MR) is 84.7 cm³/mol. The van der Waals surface area contributed by atoms with Crippen LogP contribution in [0, 0.1) is 19.8 Å². The standard InChI is InChI=1S/C15H24ClNO2S/c1-10(2)13(5)17(6)20(18,19)15-8-14(9-16)11(3)7-12(15)4/h7-8,10,13H,9H2,1-6H3. The fourth-order valence-corrected chi connectivity index (χ4v) is 4.13. The highest BCUT2D eigenvalue weighted by Gasteiger charge is 2.28. The third-order valence-electron chi connectivity index (χ3n) is 3.97. The topological polar surface area (TPSA) is 37.4 Å². The zero-order chi connectivity index (χ0) is 15.7. The number of rotatable bonds is 5. The highest BCUT2D eigenvalue weighted by atomic mass is 35.5. The van der Waals surface area contributed by atoms with Crippen LogP contribution < -0.4 is 0 Å². The van der Waals surface area contributed by atoms with E-state index in [1.807, 2.05) is 40.7 Å².